The van der Waals surface area contributed by atoms with Crippen molar-refractivity contribution in [3.63, 3.8) is 0 Å². The van der Waals surface area contributed by atoms with E-state index in [4.69, 9.17) is 4.74 Å². The van der Waals surface area contributed by atoms with Gasteiger partial charge in [0.2, 0.25) is 0 Å². The number of nitrogens with zero attached hydrogens (tertiary/aromatic N) is 2. The smallest absolute Gasteiger partial charge is 0.196 e. The minimum absolute atomic E-state index is 0.0513. The van der Waals surface area contributed by atoms with Crippen molar-refractivity contribution < 1.29 is 19.4 Å². The molecule has 0 atom stereocenters. The lowest BCUT2D eigenvalue weighted by Crippen LogP contribution is -2.02. The van der Waals surface area contributed by atoms with Gasteiger partial charge in [-0.15, -0.1) is 5.11 Å². The highest BCUT2D eigenvalue weighted by Gasteiger charge is 2.18. The van der Waals surface area contributed by atoms with Crippen LogP contribution in [0, 0.1) is 0 Å². The summed E-state index contributed by atoms with van der Waals surface area (Å²) in [4.78, 5) is 24.6. The van der Waals surface area contributed by atoms with Crippen molar-refractivity contribution >= 4 is 22.9 Å². The van der Waals surface area contributed by atoms with Crippen molar-refractivity contribution in [1.82, 2.24) is 0 Å². The molecule has 0 radical (unpaired) electrons. The largest absolute Gasteiger partial charge is 0.507 e. The molecule has 0 saturated heterocycles. The van der Waals surface area contributed by atoms with Gasteiger partial charge in [-0.1, -0.05) is 49.0 Å². The van der Waals surface area contributed by atoms with Crippen LogP contribution in [0.5, 0.6) is 11.5 Å². The number of hydrogen-bond acceptors (Lipinski definition) is 6. The Bertz CT molecular complexity index is 1180. The van der Waals surface area contributed by atoms with E-state index in [9.17, 15) is 14.7 Å². The number of carbonyl (C=O) groups excluding carboxylic acids is 2. The zero-order valence-corrected chi connectivity index (χ0v) is 18.7. The summed E-state index contributed by atoms with van der Waals surface area (Å²) in [5.41, 5.74) is 3.10. The third kappa shape index (κ3) is 6.23. The average molecular weight is 443 g/mol. The number of aryl methyl sites for hydroxylation is 1. The summed E-state index contributed by atoms with van der Waals surface area (Å²) in [6.07, 6.45) is 1.04. The van der Waals surface area contributed by atoms with Gasteiger partial charge in [0.1, 0.15) is 11.4 Å². The topological polar surface area (TPSA) is 88.3 Å². The van der Waals surface area contributed by atoms with Crippen molar-refractivity contribution in [2.45, 2.75) is 26.7 Å². The predicted octanol–water partition coefficient (Wildman–Crippen LogP) is 6.52. The Kier molecular flexibility index (Phi) is 7.86. The first-order valence-corrected chi connectivity index (χ1v) is 10.7. The number of phenols is 1. The number of Topliss-reactive ketones (excluding diaryl/α,β-unsaturated/α-hetero) is 1. The maximum Gasteiger partial charge on any atom is 0.196 e. The molecule has 33 heavy (non-hydrogen) atoms. The Labute approximate surface area is 193 Å². The number of phenolic OH excluding ortho intramolecular Hbond substituents is 1. The molecule has 0 aromatic heterocycles. The fourth-order valence-electron chi connectivity index (χ4n) is 3.15. The van der Waals surface area contributed by atoms with Gasteiger partial charge in [0, 0.05) is 18.1 Å². The van der Waals surface area contributed by atoms with Crippen LogP contribution in [0.25, 0.3) is 0 Å². The van der Waals surface area contributed by atoms with E-state index >= 15 is 0 Å². The van der Waals surface area contributed by atoms with E-state index in [0.29, 0.717) is 47.7 Å². The van der Waals surface area contributed by atoms with Gasteiger partial charge in [-0.3, -0.25) is 9.59 Å². The highest BCUT2D eigenvalue weighted by Crippen LogP contribution is 2.36. The van der Waals surface area contributed by atoms with Gasteiger partial charge >= 0.3 is 0 Å². The lowest BCUT2D eigenvalue weighted by atomic mass is 10.0. The highest BCUT2D eigenvalue weighted by molar-refractivity contribution is 6.11. The van der Waals surface area contributed by atoms with E-state index < -0.39 is 0 Å². The van der Waals surface area contributed by atoms with Crippen molar-refractivity contribution in [2.75, 3.05) is 6.61 Å². The molecule has 0 heterocycles. The maximum absolute atomic E-state index is 12.8. The first-order valence-electron chi connectivity index (χ1n) is 10.7. The summed E-state index contributed by atoms with van der Waals surface area (Å²) in [6.45, 7) is 7.57. The molecule has 3 aromatic carbocycles. The standard InChI is InChI=1S/C27H26N2O4/c1-4-33-26-17-25(31)22(27(32)20-8-6-5-7-9-20)16-23(26)29-28-21-13-10-19(11-14-21)12-15-24(30)18(2)3/h5-11,13-14,16-17,31H,2,4,12,15H2,1,3H3. The van der Waals surface area contributed by atoms with E-state index in [1.807, 2.05) is 25.1 Å². The second-order valence-electron chi connectivity index (χ2n) is 7.54. The zero-order chi connectivity index (χ0) is 23.8. The van der Waals surface area contributed by atoms with Crippen molar-refractivity contribution in [1.29, 1.82) is 0 Å². The summed E-state index contributed by atoms with van der Waals surface area (Å²) in [5, 5.41) is 18.9. The molecule has 0 unspecified atom stereocenters. The lowest BCUT2D eigenvalue weighted by Gasteiger charge is -2.10. The zero-order valence-electron chi connectivity index (χ0n) is 18.7. The summed E-state index contributed by atoms with van der Waals surface area (Å²) >= 11 is 0. The summed E-state index contributed by atoms with van der Waals surface area (Å²) < 4.78 is 5.58. The molecule has 0 saturated carbocycles. The molecule has 6 heteroatoms. The average Bonchev–Trinajstić information content (AvgIpc) is 2.83. The molecule has 6 nitrogen and oxygen atoms in total. The molecule has 3 rings (SSSR count). The van der Waals surface area contributed by atoms with Crippen molar-refractivity contribution in [2.24, 2.45) is 10.2 Å². The van der Waals surface area contributed by atoms with E-state index in [1.54, 1.807) is 43.3 Å². The third-order valence-electron chi connectivity index (χ3n) is 4.98. The van der Waals surface area contributed by atoms with Crippen LogP contribution in [-0.2, 0) is 11.2 Å². The minimum atomic E-state index is -0.318. The molecule has 0 fully saturated rings. The van der Waals surface area contributed by atoms with Gasteiger partial charge in [-0.2, -0.15) is 5.11 Å². The normalized spacial score (nSPS) is 10.8. The van der Waals surface area contributed by atoms with Crippen LogP contribution in [-0.4, -0.2) is 23.3 Å². The Morgan fingerprint density at radius 3 is 2.33 bits per heavy atom. The predicted molar refractivity (Wildman–Crippen MR) is 128 cm³/mol. The van der Waals surface area contributed by atoms with Gasteiger partial charge in [0.15, 0.2) is 17.3 Å². The van der Waals surface area contributed by atoms with Gasteiger partial charge in [-0.25, -0.2) is 0 Å². The Morgan fingerprint density at radius 2 is 1.70 bits per heavy atom. The van der Waals surface area contributed by atoms with Gasteiger partial charge in [-0.05, 0) is 49.6 Å². The van der Waals surface area contributed by atoms with Crippen molar-refractivity contribution in [3.8, 4) is 11.5 Å². The van der Waals surface area contributed by atoms with E-state index in [1.165, 1.54) is 12.1 Å². The number of rotatable bonds is 10. The number of ether oxygens (including phenoxy) is 1. The number of allylic oxidation sites excluding steroid dienone is 1. The minimum Gasteiger partial charge on any atom is -0.507 e. The Balaban J connectivity index is 1.83. The van der Waals surface area contributed by atoms with Gasteiger partial charge < -0.3 is 9.84 Å². The molecule has 1 N–H and O–H groups in total. The van der Waals surface area contributed by atoms with Crippen LogP contribution in [0.4, 0.5) is 11.4 Å². The van der Waals surface area contributed by atoms with Gasteiger partial charge in [0.05, 0.1) is 17.9 Å². The number of hydrogen-bond donors (Lipinski definition) is 1. The molecule has 168 valence electrons. The molecule has 0 aliphatic carbocycles. The fraction of sp³-hybridized carbons (Fsp3) is 0.185. The van der Waals surface area contributed by atoms with Crippen LogP contribution < -0.4 is 4.74 Å². The Morgan fingerprint density at radius 1 is 1.00 bits per heavy atom. The second-order valence-corrected chi connectivity index (χ2v) is 7.54. The fourth-order valence-corrected chi connectivity index (χ4v) is 3.15. The van der Waals surface area contributed by atoms with Crippen LogP contribution >= 0.6 is 0 Å². The molecule has 0 amide bonds. The SMILES string of the molecule is C=C(C)C(=O)CCc1ccc(N=Nc2cc(C(=O)c3ccccc3)c(O)cc2OCC)cc1. The van der Waals surface area contributed by atoms with Gasteiger partial charge in [0.25, 0.3) is 0 Å². The summed E-state index contributed by atoms with van der Waals surface area (Å²) in [7, 11) is 0. The summed E-state index contributed by atoms with van der Waals surface area (Å²) in [6, 6.07) is 19.0. The third-order valence-corrected chi connectivity index (χ3v) is 4.98. The van der Waals surface area contributed by atoms with Crippen LogP contribution in [0.2, 0.25) is 0 Å². The molecule has 0 bridgehead atoms. The quantitative estimate of drug-likeness (QED) is 0.220. The van der Waals surface area contributed by atoms with E-state index in [-0.39, 0.29) is 22.9 Å². The molecule has 3 aromatic rings. The number of carbonyl (C=O) groups is 2. The molecule has 0 spiro atoms. The van der Waals surface area contributed by atoms with Crippen LogP contribution in [0.1, 0.15) is 41.8 Å². The molecular formula is C27H26N2O4. The molecular weight excluding hydrogens is 416 g/mol. The lowest BCUT2D eigenvalue weighted by molar-refractivity contribution is -0.115. The van der Waals surface area contributed by atoms with E-state index in [0.717, 1.165) is 5.56 Å². The number of ketones is 2. The first-order chi connectivity index (χ1) is 15.9. The number of azo groups is 1. The first kappa shape index (κ1) is 23.6. The monoisotopic (exact) mass is 442 g/mol. The molecule has 0 aliphatic heterocycles. The number of aromatic hydroxyl groups is 1. The highest BCUT2D eigenvalue weighted by atomic mass is 16.5. The van der Waals surface area contributed by atoms with E-state index in [2.05, 4.69) is 16.8 Å². The summed E-state index contributed by atoms with van der Waals surface area (Å²) in [5.74, 6) is -0.116. The molecule has 0 aliphatic rings. The Hall–Kier alpha value is -4.06. The van der Waals surface area contributed by atoms with Crippen LogP contribution in [0.3, 0.4) is 0 Å². The van der Waals surface area contributed by atoms with Crippen molar-refractivity contribution in [3.05, 3.63) is 95.6 Å². The second kappa shape index (κ2) is 11.0. The maximum atomic E-state index is 12.8. The number of benzene rings is 3. The van der Waals surface area contributed by atoms with Crippen LogP contribution in [0.15, 0.2) is 89.1 Å².